The van der Waals surface area contributed by atoms with Crippen LogP contribution < -0.4 is 11.3 Å². The van der Waals surface area contributed by atoms with E-state index < -0.39 is 0 Å². The van der Waals surface area contributed by atoms with Gasteiger partial charge in [-0.2, -0.15) is 0 Å². The highest BCUT2D eigenvalue weighted by Crippen LogP contribution is 2.30. The Bertz CT molecular complexity index is 525. The Morgan fingerprint density at radius 1 is 1.44 bits per heavy atom. The summed E-state index contributed by atoms with van der Waals surface area (Å²) < 4.78 is 10.6. The van der Waals surface area contributed by atoms with Gasteiger partial charge in [0.2, 0.25) is 0 Å². The average molecular weight is 219 g/mol. The fourth-order valence-corrected chi connectivity index (χ4v) is 1.98. The number of nitrogens with one attached hydrogen (secondary N) is 1. The topological polar surface area (TPSA) is 73.3 Å². The van der Waals surface area contributed by atoms with Crippen LogP contribution in [0.15, 0.2) is 22.6 Å². The lowest BCUT2D eigenvalue weighted by Crippen LogP contribution is -2.60. The lowest BCUT2D eigenvalue weighted by Gasteiger charge is -2.41. The number of ether oxygens (including phenoxy) is 1. The maximum atomic E-state index is 5.58. The van der Waals surface area contributed by atoms with Crippen LogP contribution >= 0.6 is 0 Å². The molecule has 5 heteroatoms. The lowest BCUT2D eigenvalue weighted by atomic mass is 9.88. The highest BCUT2D eigenvalue weighted by atomic mass is 16.5. The van der Waals surface area contributed by atoms with Gasteiger partial charge >= 0.3 is 0 Å². The van der Waals surface area contributed by atoms with Crippen LogP contribution in [-0.4, -0.2) is 18.2 Å². The van der Waals surface area contributed by atoms with Gasteiger partial charge in [0.05, 0.1) is 13.2 Å². The van der Waals surface area contributed by atoms with Crippen molar-refractivity contribution >= 4 is 11.1 Å². The minimum absolute atomic E-state index is 0.263. The van der Waals surface area contributed by atoms with Gasteiger partial charge in [-0.25, -0.2) is 10.4 Å². The number of fused-ring (bicyclic) bond motifs is 1. The number of hydrogen-bond donors (Lipinski definition) is 2. The number of rotatable bonds is 2. The molecule has 0 atom stereocenters. The molecule has 1 aliphatic heterocycles. The largest absolute Gasteiger partial charge is 0.441 e. The Morgan fingerprint density at radius 3 is 2.88 bits per heavy atom. The van der Waals surface area contributed by atoms with Gasteiger partial charge in [-0.1, -0.05) is 6.07 Å². The van der Waals surface area contributed by atoms with E-state index >= 15 is 0 Å². The first-order chi connectivity index (χ1) is 7.73. The molecular weight excluding hydrogens is 206 g/mol. The summed E-state index contributed by atoms with van der Waals surface area (Å²) in [4.78, 5) is 4.30. The van der Waals surface area contributed by atoms with Crippen LogP contribution in [0.4, 0.5) is 0 Å². The molecule has 16 heavy (non-hydrogen) atoms. The van der Waals surface area contributed by atoms with E-state index in [1.807, 2.05) is 25.1 Å². The molecule has 3 N–H and O–H groups in total. The molecule has 0 aliphatic carbocycles. The number of benzene rings is 1. The highest BCUT2D eigenvalue weighted by molar-refractivity contribution is 5.73. The van der Waals surface area contributed by atoms with Crippen LogP contribution in [0.25, 0.3) is 11.1 Å². The van der Waals surface area contributed by atoms with Crippen LogP contribution in [0.2, 0.25) is 0 Å². The summed E-state index contributed by atoms with van der Waals surface area (Å²) in [5.74, 6) is 6.25. The first-order valence-electron chi connectivity index (χ1n) is 5.17. The molecule has 0 bridgehead atoms. The van der Waals surface area contributed by atoms with Gasteiger partial charge in [0.25, 0.3) is 0 Å². The molecule has 0 amide bonds. The van der Waals surface area contributed by atoms with Crippen LogP contribution in [0, 0.1) is 6.92 Å². The number of oxazole rings is 1. The first-order valence-corrected chi connectivity index (χ1v) is 5.17. The van der Waals surface area contributed by atoms with Crippen molar-refractivity contribution in [3.05, 3.63) is 29.7 Å². The van der Waals surface area contributed by atoms with E-state index in [0.717, 1.165) is 16.7 Å². The Hall–Kier alpha value is -1.43. The fraction of sp³-hybridized carbons (Fsp3) is 0.364. The number of hydrogen-bond acceptors (Lipinski definition) is 5. The van der Waals surface area contributed by atoms with Crippen LogP contribution in [-0.2, 0) is 10.3 Å². The number of aromatic nitrogens is 1. The molecule has 1 saturated heterocycles. The third-order valence-electron chi connectivity index (χ3n) is 3.02. The Balaban J connectivity index is 2.10. The molecule has 1 aromatic heterocycles. The number of hydrazine groups is 1. The third kappa shape index (κ3) is 1.26. The smallest absolute Gasteiger partial charge is 0.192 e. The summed E-state index contributed by atoms with van der Waals surface area (Å²) in [7, 11) is 0. The molecule has 0 spiro atoms. The van der Waals surface area contributed by atoms with Crippen molar-refractivity contribution in [2.75, 3.05) is 13.2 Å². The molecule has 0 radical (unpaired) electrons. The molecule has 84 valence electrons. The summed E-state index contributed by atoms with van der Waals surface area (Å²) in [5.41, 5.74) is 5.30. The molecule has 1 aliphatic rings. The van der Waals surface area contributed by atoms with Crippen molar-refractivity contribution in [1.29, 1.82) is 0 Å². The maximum Gasteiger partial charge on any atom is 0.192 e. The van der Waals surface area contributed by atoms with Crippen molar-refractivity contribution in [3.8, 4) is 0 Å². The zero-order chi connectivity index (χ0) is 11.2. The fourth-order valence-electron chi connectivity index (χ4n) is 1.98. The predicted octanol–water partition coefficient (Wildman–Crippen LogP) is 0.825. The minimum Gasteiger partial charge on any atom is -0.441 e. The summed E-state index contributed by atoms with van der Waals surface area (Å²) in [5, 5.41) is 0. The van der Waals surface area contributed by atoms with Gasteiger partial charge in [-0.15, -0.1) is 0 Å². The monoisotopic (exact) mass is 219 g/mol. The molecule has 2 aromatic rings. The summed E-state index contributed by atoms with van der Waals surface area (Å²) in [6, 6.07) is 5.91. The van der Waals surface area contributed by atoms with E-state index in [0.29, 0.717) is 19.1 Å². The zero-order valence-electron chi connectivity index (χ0n) is 8.99. The van der Waals surface area contributed by atoms with Gasteiger partial charge in [-0.05, 0) is 17.7 Å². The third-order valence-corrected chi connectivity index (χ3v) is 3.02. The Kier molecular flexibility index (Phi) is 2.00. The molecule has 0 unspecified atom stereocenters. The standard InChI is InChI=1S/C11H13N3O2/c1-7-13-9-4-8(2-3-10(9)16-7)11(14-12)5-15-6-11/h2-4,14H,5-6,12H2,1H3. The van der Waals surface area contributed by atoms with E-state index in [1.165, 1.54) is 0 Å². The summed E-state index contributed by atoms with van der Waals surface area (Å²) in [6.07, 6.45) is 0. The van der Waals surface area contributed by atoms with Gasteiger partial charge < -0.3 is 9.15 Å². The number of aryl methyl sites for hydroxylation is 1. The van der Waals surface area contributed by atoms with Crippen molar-refractivity contribution in [2.24, 2.45) is 5.84 Å². The van der Waals surface area contributed by atoms with Crippen molar-refractivity contribution in [2.45, 2.75) is 12.5 Å². The second kappa shape index (κ2) is 3.28. The van der Waals surface area contributed by atoms with E-state index in [1.54, 1.807) is 0 Å². The molecule has 1 aromatic carbocycles. The lowest BCUT2D eigenvalue weighted by molar-refractivity contribution is -0.0786. The molecule has 0 saturated carbocycles. The second-order valence-corrected chi connectivity index (χ2v) is 4.13. The van der Waals surface area contributed by atoms with E-state index in [4.69, 9.17) is 15.0 Å². The van der Waals surface area contributed by atoms with Gasteiger partial charge in [0, 0.05) is 6.92 Å². The molecular formula is C11H13N3O2. The molecule has 5 nitrogen and oxygen atoms in total. The van der Waals surface area contributed by atoms with E-state index in [-0.39, 0.29) is 5.54 Å². The number of nitrogens with two attached hydrogens (primary N) is 1. The molecule has 3 rings (SSSR count). The Labute approximate surface area is 92.6 Å². The minimum atomic E-state index is -0.263. The quantitative estimate of drug-likeness (QED) is 0.578. The molecule has 2 heterocycles. The van der Waals surface area contributed by atoms with Gasteiger partial charge in [0.15, 0.2) is 11.5 Å². The van der Waals surface area contributed by atoms with Crippen LogP contribution in [0.5, 0.6) is 0 Å². The maximum absolute atomic E-state index is 5.58. The SMILES string of the molecule is Cc1nc2cc(C3(NN)COC3)ccc2o1. The highest BCUT2D eigenvalue weighted by Gasteiger charge is 2.39. The number of nitrogens with zero attached hydrogens (tertiary/aromatic N) is 1. The van der Waals surface area contributed by atoms with Crippen LogP contribution in [0.1, 0.15) is 11.5 Å². The van der Waals surface area contributed by atoms with E-state index in [9.17, 15) is 0 Å². The average Bonchev–Trinajstić information content (AvgIpc) is 2.56. The Morgan fingerprint density at radius 2 is 2.25 bits per heavy atom. The van der Waals surface area contributed by atoms with Gasteiger partial charge in [-0.3, -0.25) is 5.84 Å². The summed E-state index contributed by atoms with van der Waals surface area (Å²) >= 11 is 0. The van der Waals surface area contributed by atoms with E-state index in [2.05, 4.69) is 10.4 Å². The second-order valence-electron chi connectivity index (χ2n) is 4.13. The van der Waals surface area contributed by atoms with Crippen LogP contribution in [0.3, 0.4) is 0 Å². The van der Waals surface area contributed by atoms with Gasteiger partial charge in [0.1, 0.15) is 11.1 Å². The van der Waals surface area contributed by atoms with Crippen molar-refractivity contribution in [3.63, 3.8) is 0 Å². The molecule has 1 fully saturated rings. The predicted molar refractivity (Wildman–Crippen MR) is 58.6 cm³/mol. The van der Waals surface area contributed by atoms with Crippen molar-refractivity contribution in [1.82, 2.24) is 10.4 Å². The zero-order valence-corrected chi connectivity index (χ0v) is 8.99. The first kappa shape index (κ1) is 9.77. The van der Waals surface area contributed by atoms with Crippen molar-refractivity contribution < 1.29 is 9.15 Å². The normalized spacial score (nSPS) is 18.6. The summed E-state index contributed by atoms with van der Waals surface area (Å²) in [6.45, 7) is 3.01.